The SMILES string of the molecule is CCCn1c(Sc2c(F)c(F)nc(F)c2F)nnc1-c1ccncc1. The number of aromatic nitrogens is 5. The summed E-state index contributed by atoms with van der Waals surface area (Å²) in [6.07, 6.45) is 3.83. The van der Waals surface area contributed by atoms with Gasteiger partial charge in [0, 0.05) is 24.5 Å². The second-order valence-electron chi connectivity index (χ2n) is 4.95. The quantitative estimate of drug-likeness (QED) is 0.505. The van der Waals surface area contributed by atoms with Gasteiger partial charge in [-0.3, -0.25) is 4.98 Å². The molecule has 0 spiro atoms. The fourth-order valence-corrected chi connectivity index (χ4v) is 3.05. The summed E-state index contributed by atoms with van der Waals surface area (Å²) in [7, 11) is 0. The smallest absolute Gasteiger partial charge is 0.252 e. The topological polar surface area (TPSA) is 56.5 Å². The summed E-state index contributed by atoms with van der Waals surface area (Å²) in [4.78, 5) is 5.60. The van der Waals surface area contributed by atoms with Crippen molar-refractivity contribution in [3.8, 4) is 11.4 Å². The number of rotatable bonds is 5. The molecule has 10 heteroatoms. The molecule has 0 radical (unpaired) electrons. The first-order valence-electron chi connectivity index (χ1n) is 7.24. The van der Waals surface area contributed by atoms with Crippen molar-refractivity contribution in [2.75, 3.05) is 0 Å². The average molecular weight is 369 g/mol. The van der Waals surface area contributed by atoms with Gasteiger partial charge in [0.2, 0.25) is 0 Å². The van der Waals surface area contributed by atoms with E-state index in [2.05, 4.69) is 20.2 Å². The Balaban J connectivity index is 2.06. The van der Waals surface area contributed by atoms with Gasteiger partial charge in [-0.2, -0.15) is 13.8 Å². The molecule has 0 aromatic carbocycles. The molecule has 3 aromatic heterocycles. The predicted molar refractivity (Wildman–Crippen MR) is 81.7 cm³/mol. The lowest BCUT2D eigenvalue weighted by atomic mass is 10.2. The predicted octanol–water partition coefficient (Wildman–Crippen LogP) is 3.85. The van der Waals surface area contributed by atoms with E-state index < -0.39 is 28.4 Å². The fraction of sp³-hybridized carbons (Fsp3) is 0.200. The molecule has 0 aliphatic heterocycles. The molecule has 3 heterocycles. The average Bonchev–Trinajstić information content (AvgIpc) is 3.01. The van der Waals surface area contributed by atoms with Crippen LogP contribution in [0.2, 0.25) is 0 Å². The van der Waals surface area contributed by atoms with Crippen LogP contribution >= 0.6 is 11.8 Å². The standard InChI is InChI=1S/C15H11F4N5S/c1-2-7-24-14(8-3-5-20-6-4-8)22-23-15(24)25-11-9(16)12(18)21-13(19)10(11)17/h3-6H,2,7H2,1H3. The summed E-state index contributed by atoms with van der Waals surface area (Å²) >= 11 is 0.455. The maximum Gasteiger partial charge on any atom is 0.252 e. The van der Waals surface area contributed by atoms with Crippen molar-refractivity contribution >= 4 is 11.8 Å². The molecule has 0 aliphatic rings. The van der Waals surface area contributed by atoms with Crippen LogP contribution in [0.3, 0.4) is 0 Å². The fourth-order valence-electron chi connectivity index (χ4n) is 2.15. The van der Waals surface area contributed by atoms with Gasteiger partial charge in [0.05, 0.1) is 4.90 Å². The minimum Gasteiger partial charge on any atom is -0.302 e. The van der Waals surface area contributed by atoms with Crippen LogP contribution in [0.25, 0.3) is 11.4 Å². The number of hydrogen-bond acceptors (Lipinski definition) is 5. The molecule has 130 valence electrons. The molecule has 0 N–H and O–H groups in total. The molecule has 0 atom stereocenters. The van der Waals surface area contributed by atoms with Crippen molar-refractivity contribution in [1.82, 2.24) is 24.7 Å². The van der Waals surface area contributed by atoms with Crippen molar-refractivity contribution in [3.63, 3.8) is 0 Å². The molecule has 0 amide bonds. The van der Waals surface area contributed by atoms with Crippen molar-refractivity contribution in [2.24, 2.45) is 0 Å². The molecule has 5 nitrogen and oxygen atoms in total. The highest BCUT2D eigenvalue weighted by atomic mass is 32.2. The van der Waals surface area contributed by atoms with E-state index in [1.165, 1.54) is 0 Å². The summed E-state index contributed by atoms with van der Waals surface area (Å²) in [5.74, 6) is -6.10. The lowest BCUT2D eigenvalue weighted by Crippen LogP contribution is -2.05. The van der Waals surface area contributed by atoms with Crippen LogP contribution in [0, 0.1) is 23.5 Å². The molecular weight excluding hydrogens is 358 g/mol. The van der Waals surface area contributed by atoms with E-state index in [-0.39, 0.29) is 5.16 Å². The lowest BCUT2D eigenvalue weighted by Gasteiger charge is -2.09. The minimum atomic E-state index is -1.71. The molecule has 3 rings (SSSR count). The van der Waals surface area contributed by atoms with E-state index in [1.54, 1.807) is 29.1 Å². The number of hydrogen-bond donors (Lipinski definition) is 0. The second-order valence-corrected chi connectivity index (χ2v) is 5.92. The van der Waals surface area contributed by atoms with Crippen LogP contribution in [0.1, 0.15) is 13.3 Å². The Hall–Kier alpha value is -2.49. The summed E-state index contributed by atoms with van der Waals surface area (Å²) in [6, 6.07) is 3.41. The zero-order chi connectivity index (χ0) is 18.0. The third-order valence-corrected chi connectivity index (χ3v) is 4.30. The van der Waals surface area contributed by atoms with Crippen molar-refractivity contribution in [1.29, 1.82) is 0 Å². The third-order valence-electron chi connectivity index (χ3n) is 3.25. The number of nitrogens with zero attached hydrogens (tertiary/aromatic N) is 5. The normalized spacial score (nSPS) is 11.1. The molecular formula is C15H11F4N5S. The van der Waals surface area contributed by atoms with Gasteiger partial charge in [-0.25, -0.2) is 8.78 Å². The van der Waals surface area contributed by atoms with E-state index in [0.29, 0.717) is 36.1 Å². The summed E-state index contributed by atoms with van der Waals surface area (Å²) in [5, 5.41) is 8.03. The van der Waals surface area contributed by atoms with E-state index in [0.717, 1.165) is 0 Å². The number of halogens is 4. The van der Waals surface area contributed by atoms with E-state index in [1.807, 2.05) is 6.92 Å². The maximum atomic E-state index is 13.8. The van der Waals surface area contributed by atoms with Crippen LogP contribution in [0.4, 0.5) is 17.6 Å². The first-order valence-corrected chi connectivity index (χ1v) is 8.06. The van der Waals surface area contributed by atoms with Crippen molar-refractivity contribution < 1.29 is 17.6 Å². The molecule has 25 heavy (non-hydrogen) atoms. The van der Waals surface area contributed by atoms with Gasteiger partial charge < -0.3 is 4.57 Å². The first kappa shape index (κ1) is 17.3. The lowest BCUT2D eigenvalue weighted by molar-refractivity contribution is 0.383. The van der Waals surface area contributed by atoms with Crippen molar-refractivity contribution in [2.45, 2.75) is 29.9 Å². The molecule has 0 fully saturated rings. The van der Waals surface area contributed by atoms with E-state index in [4.69, 9.17) is 0 Å². The monoisotopic (exact) mass is 369 g/mol. The molecule has 3 aromatic rings. The van der Waals surface area contributed by atoms with Gasteiger partial charge in [0.15, 0.2) is 22.6 Å². The largest absolute Gasteiger partial charge is 0.302 e. The highest BCUT2D eigenvalue weighted by Crippen LogP contribution is 2.34. The number of pyridine rings is 2. The highest BCUT2D eigenvalue weighted by molar-refractivity contribution is 7.99. The minimum absolute atomic E-state index is 0.108. The van der Waals surface area contributed by atoms with Crippen LogP contribution in [0.5, 0.6) is 0 Å². The zero-order valence-electron chi connectivity index (χ0n) is 12.9. The van der Waals surface area contributed by atoms with Gasteiger partial charge in [-0.05, 0) is 30.3 Å². The van der Waals surface area contributed by atoms with Gasteiger partial charge in [0.25, 0.3) is 11.9 Å². The summed E-state index contributed by atoms with van der Waals surface area (Å²) in [6.45, 7) is 2.35. The highest BCUT2D eigenvalue weighted by Gasteiger charge is 2.24. The summed E-state index contributed by atoms with van der Waals surface area (Å²) in [5.41, 5.74) is 0.704. The molecule has 0 saturated carbocycles. The Morgan fingerprint density at radius 2 is 1.64 bits per heavy atom. The van der Waals surface area contributed by atoms with Crippen LogP contribution < -0.4 is 0 Å². The Bertz CT molecular complexity index is 874. The van der Waals surface area contributed by atoms with Crippen LogP contribution in [-0.4, -0.2) is 24.7 Å². The van der Waals surface area contributed by atoms with E-state index in [9.17, 15) is 17.6 Å². The molecule has 0 unspecified atom stereocenters. The Morgan fingerprint density at radius 3 is 2.24 bits per heavy atom. The van der Waals surface area contributed by atoms with Gasteiger partial charge in [0.1, 0.15) is 0 Å². The maximum absolute atomic E-state index is 13.8. The van der Waals surface area contributed by atoms with Crippen molar-refractivity contribution in [3.05, 3.63) is 48.1 Å². The van der Waals surface area contributed by atoms with Crippen LogP contribution in [-0.2, 0) is 6.54 Å². The Labute approximate surface area is 144 Å². The third kappa shape index (κ3) is 3.34. The summed E-state index contributed by atoms with van der Waals surface area (Å²) < 4.78 is 55.9. The Morgan fingerprint density at radius 1 is 1.00 bits per heavy atom. The molecule has 0 aliphatic carbocycles. The molecule has 0 bridgehead atoms. The van der Waals surface area contributed by atoms with Gasteiger partial charge in [-0.1, -0.05) is 6.92 Å². The Kier molecular flexibility index (Phi) is 4.98. The van der Waals surface area contributed by atoms with Gasteiger partial charge in [-0.15, -0.1) is 10.2 Å². The van der Waals surface area contributed by atoms with Gasteiger partial charge >= 0.3 is 0 Å². The van der Waals surface area contributed by atoms with Crippen LogP contribution in [0.15, 0.2) is 34.6 Å². The van der Waals surface area contributed by atoms with E-state index >= 15 is 0 Å². The second kappa shape index (κ2) is 7.18. The molecule has 0 saturated heterocycles. The zero-order valence-corrected chi connectivity index (χ0v) is 13.7. The first-order chi connectivity index (χ1) is 12.0.